The van der Waals surface area contributed by atoms with E-state index in [1.165, 1.54) is 0 Å². The van der Waals surface area contributed by atoms with E-state index in [4.69, 9.17) is 9.47 Å². The highest BCUT2D eigenvalue weighted by molar-refractivity contribution is 4.94. The largest absolute Gasteiger partial charge is 0.381 e. The fourth-order valence-corrected chi connectivity index (χ4v) is 2.74. The number of hydrogen-bond acceptors (Lipinski definition) is 3. The monoisotopic (exact) mass is 243 g/mol. The lowest BCUT2D eigenvalue weighted by atomic mass is 9.83. The molecule has 1 saturated heterocycles. The molecular weight excluding hydrogens is 214 g/mol. The highest BCUT2D eigenvalue weighted by atomic mass is 16.5. The van der Waals surface area contributed by atoms with Gasteiger partial charge in [0.1, 0.15) is 0 Å². The van der Waals surface area contributed by atoms with Crippen molar-refractivity contribution in [3.8, 4) is 0 Å². The van der Waals surface area contributed by atoms with Gasteiger partial charge in [0, 0.05) is 25.2 Å². The summed E-state index contributed by atoms with van der Waals surface area (Å²) in [5, 5.41) is 3.68. The molecule has 0 spiro atoms. The summed E-state index contributed by atoms with van der Waals surface area (Å²) in [4.78, 5) is 0. The molecule has 0 aliphatic carbocycles. The van der Waals surface area contributed by atoms with Crippen LogP contribution in [0.5, 0.6) is 0 Å². The third-order valence-corrected chi connectivity index (χ3v) is 3.88. The Morgan fingerprint density at radius 3 is 2.65 bits per heavy atom. The smallest absolute Gasteiger partial charge is 0.0807 e. The van der Waals surface area contributed by atoms with Crippen LogP contribution >= 0.6 is 0 Å². The molecule has 1 fully saturated rings. The summed E-state index contributed by atoms with van der Waals surface area (Å²) in [6.45, 7) is 12.4. The molecule has 0 amide bonds. The summed E-state index contributed by atoms with van der Waals surface area (Å²) < 4.78 is 11.6. The highest BCUT2D eigenvalue weighted by Crippen LogP contribution is 2.30. The first-order valence-electron chi connectivity index (χ1n) is 7.13. The second-order valence-corrected chi connectivity index (χ2v) is 5.15. The van der Waals surface area contributed by atoms with Crippen molar-refractivity contribution in [1.29, 1.82) is 0 Å². The van der Waals surface area contributed by atoms with Gasteiger partial charge in [-0.25, -0.2) is 0 Å². The Bertz CT molecular complexity index is 204. The molecule has 1 N–H and O–H groups in total. The van der Waals surface area contributed by atoms with Gasteiger partial charge in [-0.15, -0.1) is 0 Å². The van der Waals surface area contributed by atoms with Crippen molar-refractivity contribution in [3.05, 3.63) is 0 Å². The van der Waals surface area contributed by atoms with Gasteiger partial charge in [-0.3, -0.25) is 0 Å². The van der Waals surface area contributed by atoms with Crippen molar-refractivity contribution >= 4 is 0 Å². The molecule has 1 rings (SSSR count). The molecule has 1 heterocycles. The van der Waals surface area contributed by atoms with Crippen LogP contribution in [-0.4, -0.2) is 38.0 Å². The lowest BCUT2D eigenvalue weighted by Crippen LogP contribution is -2.54. The molecule has 0 radical (unpaired) electrons. The van der Waals surface area contributed by atoms with E-state index in [0.29, 0.717) is 12.0 Å². The molecule has 102 valence electrons. The van der Waals surface area contributed by atoms with Gasteiger partial charge >= 0.3 is 0 Å². The zero-order valence-corrected chi connectivity index (χ0v) is 11.9. The van der Waals surface area contributed by atoms with Crippen molar-refractivity contribution in [2.24, 2.45) is 5.92 Å². The van der Waals surface area contributed by atoms with E-state index in [-0.39, 0.29) is 5.60 Å². The predicted octanol–water partition coefficient (Wildman–Crippen LogP) is 2.60. The fraction of sp³-hybridized carbons (Fsp3) is 1.00. The van der Waals surface area contributed by atoms with E-state index < -0.39 is 0 Å². The Hall–Kier alpha value is -0.120. The van der Waals surface area contributed by atoms with E-state index in [0.717, 1.165) is 45.6 Å². The molecule has 3 heteroatoms. The third-order valence-electron chi connectivity index (χ3n) is 3.88. The van der Waals surface area contributed by atoms with Crippen LogP contribution < -0.4 is 5.32 Å². The highest BCUT2D eigenvalue weighted by Gasteiger charge is 2.39. The zero-order valence-electron chi connectivity index (χ0n) is 11.9. The first-order valence-corrected chi connectivity index (χ1v) is 7.13. The normalized spacial score (nSPS) is 25.8. The molecule has 3 nitrogen and oxygen atoms in total. The minimum Gasteiger partial charge on any atom is -0.381 e. The average molecular weight is 243 g/mol. The fourth-order valence-electron chi connectivity index (χ4n) is 2.74. The molecule has 17 heavy (non-hydrogen) atoms. The summed E-state index contributed by atoms with van der Waals surface area (Å²) in [5.74, 6) is 0.595. The van der Waals surface area contributed by atoms with E-state index in [2.05, 4.69) is 33.0 Å². The molecule has 0 bridgehead atoms. The molecule has 0 aromatic heterocycles. The zero-order chi connectivity index (χ0) is 12.7. The molecule has 0 saturated carbocycles. The van der Waals surface area contributed by atoms with Crippen LogP contribution in [0.3, 0.4) is 0 Å². The minimum atomic E-state index is -0.0672. The Labute approximate surface area is 106 Å². The van der Waals surface area contributed by atoms with Gasteiger partial charge in [0.15, 0.2) is 0 Å². The lowest BCUT2D eigenvalue weighted by molar-refractivity contribution is -0.0697. The topological polar surface area (TPSA) is 30.5 Å². The van der Waals surface area contributed by atoms with Gasteiger partial charge in [-0.2, -0.15) is 0 Å². The number of ether oxygens (including phenoxy) is 2. The summed E-state index contributed by atoms with van der Waals surface area (Å²) >= 11 is 0. The van der Waals surface area contributed by atoms with E-state index in [9.17, 15) is 0 Å². The van der Waals surface area contributed by atoms with E-state index in [1.807, 2.05) is 0 Å². The lowest BCUT2D eigenvalue weighted by Gasteiger charge is -2.40. The summed E-state index contributed by atoms with van der Waals surface area (Å²) in [6, 6.07) is 0.412. The maximum atomic E-state index is 6.03. The third kappa shape index (κ3) is 3.94. The first kappa shape index (κ1) is 14.9. The SMILES string of the molecule is CCCNC(C1CCOC1)C(C)(CC)OCC. The second-order valence-electron chi connectivity index (χ2n) is 5.15. The van der Waals surface area contributed by atoms with Gasteiger partial charge in [0.05, 0.1) is 12.2 Å². The number of hydrogen-bond donors (Lipinski definition) is 1. The van der Waals surface area contributed by atoms with Crippen LogP contribution in [-0.2, 0) is 9.47 Å². The van der Waals surface area contributed by atoms with Crippen molar-refractivity contribution in [2.75, 3.05) is 26.4 Å². The maximum Gasteiger partial charge on any atom is 0.0807 e. The molecule has 0 aromatic rings. The van der Waals surface area contributed by atoms with Gasteiger partial charge in [-0.05, 0) is 39.7 Å². The van der Waals surface area contributed by atoms with Crippen molar-refractivity contribution in [3.63, 3.8) is 0 Å². The van der Waals surface area contributed by atoms with Gasteiger partial charge < -0.3 is 14.8 Å². The molecule has 0 aromatic carbocycles. The van der Waals surface area contributed by atoms with Gasteiger partial charge in [-0.1, -0.05) is 13.8 Å². The Morgan fingerprint density at radius 1 is 1.41 bits per heavy atom. The number of rotatable bonds is 8. The van der Waals surface area contributed by atoms with Crippen LogP contribution in [0, 0.1) is 5.92 Å². The Balaban J connectivity index is 2.70. The Morgan fingerprint density at radius 2 is 2.18 bits per heavy atom. The minimum absolute atomic E-state index is 0.0672. The first-order chi connectivity index (χ1) is 8.18. The van der Waals surface area contributed by atoms with Crippen molar-refractivity contribution in [2.45, 2.75) is 58.6 Å². The van der Waals surface area contributed by atoms with Crippen molar-refractivity contribution in [1.82, 2.24) is 5.32 Å². The molecular formula is C14H29NO2. The quantitative estimate of drug-likeness (QED) is 0.711. The summed E-state index contributed by atoms with van der Waals surface area (Å²) in [6.07, 6.45) is 3.36. The second kappa shape index (κ2) is 7.34. The predicted molar refractivity (Wildman–Crippen MR) is 71.3 cm³/mol. The summed E-state index contributed by atoms with van der Waals surface area (Å²) in [5.41, 5.74) is -0.0672. The molecule has 1 aliphatic heterocycles. The van der Waals surface area contributed by atoms with Crippen LogP contribution in [0.15, 0.2) is 0 Å². The maximum absolute atomic E-state index is 6.03. The van der Waals surface area contributed by atoms with Gasteiger partial charge in [0.25, 0.3) is 0 Å². The standard InChI is InChI=1S/C14H29NO2/c1-5-9-15-13(12-8-10-16-11-12)14(4,6-2)17-7-3/h12-13,15H,5-11H2,1-4H3. The van der Waals surface area contributed by atoms with Crippen LogP contribution in [0.2, 0.25) is 0 Å². The van der Waals surface area contributed by atoms with Crippen LogP contribution in [0.4, 0.5) is 0 Å². The van der Waals surface area contributed by atoms with Crippen LogP contribution in [0.25, 0.3) is 0 Å². The average Bonchev–Trinajstić information content (AvgIpc) is 2.83. The van der Waals surface area contributed by atoms with E-state index >= 15 is 0 Å². The van der Waals surface area contributed by atoms with E-state index in [1.54, 1.807) is 0 Å². The Kier molecular flexibility index (Phi) is 6.45. The molecule has 1 aliphatic rings. The molecule has 3 atom stereocenters. The van der Waals surface area contributed by atoms with Crippen molar-refractivity contribution < 1.29 is 9.47 Å². The van der Waals surface area contributed by atoms with Crippen LogP contribution in [0.1, 0.15) is 47.0 Å². The molecule has 3 unspecified atom stereocenters. The van der Waals surface area contributed by atoms with Gasteiger partial charge in [0.2, 0.25) is 0 Å². The number of nitrogens with one attached hydrogen (secondary N) is 1. The summed E-state index contributed by atoms with van der Waals surface area (Å²) in [7, 11) is 0.